The largest absolute Gasteiger partial charge is 0.466 e. The third kappa shape index (κ3) is 7.74. The smallest absolute Gasteiger partial charge is 0.337 e. The first-order valence-electron chi connectivity index (χ1n) is 20.2. The van der Waals surface area contributed by atoms with Crippen molar-refractivity contribution in [2.24, 2.45) is 0 Å². The summed E-state index contributed by atoms with van der Waals surface area (Å²) >= 11 is 0. The third-order valence-electron chi connectivity index (χ3n) is 12.4. The van der Waals surface area contributed by atoms with Gasteiger partial charge in [0.2, 0.25) is 0 Å². The van der Waals surface area contributed by atoms with Gasteiger partial charge in [0.15, 0.2) is 0 Å². The van der Waals surface area contributed by atoms with Crippen molar-refractivity contribution in [1.82, 2.24) is 10.6 Å². The molecule has 4 aliphatic heterocycles. The molecule has 0 radical (unpaired) electrons. The van der Waals surface area contributed by atoms with Crippen LogP contribution in [-0.2, 0) is 49.5 Å². The standard InChI is InChI=1S/C27H26FNO5.C20H20FNO5/c1-15-22(26(30)32-2)24(25-21(29-15)14-34-27(25)31)19-9-6-10-20(28)23(19)17-11-18(12-17)33-13-16-7-4-3-5-8-16;1-9-15(19(24)26-2)17(18-14(22-9)8-27-20(18)25)12-4-3-5-13(21)16(12)10-6-11(23)7-10/h3-10,17-18,24,29H,11-14H2,1-2H3;3-5,10-11,17,22-23H,6-8H2,1-2H3. The number of carbonyl (C=O) groups is 4. The zero-order valence-corrected chi connectivity index (χ0v) is 34.1. The number of aliphatic hydroxyl groups is 1. The van der Waals surface area contributed by atoms with E-state index in [4.69, 9.17) is 23.7 Å². The minimum Gasteiger partial charge on any atom is -0.466 e. The van der Waals surface area contributed by atoms with Gasteiger partial charge in [-0.2, -0.15) is 0 Å². The molecule has 0 amide bonds. The molecular formula is C47H46F2N2O10. The zero-order valence-electron chi connectivity index (χ0n) is 34.1. The minimum absolute atomic E-state index is 0.0225. The molecule has 2 aliphatic carbocycles. The topological polar surface area (TPSA) is 159 Å². The van der Waals surface area contributed by atoms with E-state index in [-0.39, 0.29) is 42.5 Å². The molecule has 2 fully saturated rings. The van der Waals surface area contributed by atoms with Crippen molar-refractivity contribution in [3.63, 3.8) is 0 Å². The number of carbonyl (C=O) groups excluding carboxylic acids is 4. The molecule has 318 valence electrons. The first kappa shape index (κ1) is 41.6. The second-order valence-electron chi connectivity index (χ2n) is 16.0. The lowest BCUT2D eigenvalue weighted by Crippen LogP contribution is -2.33. The maximum absolute atomic E-state index is 15.3. The van der Waals surface area contributed by atoms with Gasteiger partial charge >= 0.3 is 23.9 Å². The van der Waals surface area contributed by atoms with Crippen molar-refractivity contribution in [2.45, 2.75) is 82.0 Å². The quantitative estimate of drug-likeness (QED) is 0.165. The summed E-state index contributed by atoms with van der Waals surface area (Å²) in [6, 6.07) is 19.4. The molecule has 4 heterocycles. The van der Waals surface area contributed by atoms with Crippen molar-refractivity contribution in [1.29, 1.82) is 0 Å². The van der Waals surface area contributed by atoms with Gasteiger partial charge in [-0.1, -0.05) is 54.6 Å². The van der Waals surface area contributed by atoms with Crippen LogP contribution in [0, 0.1) is 11.6 Å². The van der Waals surface area contributed by atoms with E-state index in [9.17, 15) is 28.7 Å². The number of halogens is 2. The van der Waals surface area contributed by atoms with Gasteiger partial charge in [-0.25, -0.2) is 28.0 Å². The summed E-state index contributed by atoms with van der Waals surface area (Å²) in [6.45, 7) is 4.16. The first-order valence-corrected chi connectivity index (χ1v) is 20.2. The zero-order chi connectivity index (χ0) is 43.1. The van der Waals surface area contributed by atoms with Crippen LogP contribution in [0.1, 0.15) is 91.0 Å². The maximum atomic E-state index is 15.3. The lowest BCUT2D eigenvalue weighted by atomic mass is 9.71. The molecule has 3 aromatic carbocycles. The summed E-state index contributed by atoms with van der Waals surface area (Å²) < 4.78 is 56.5. The highest BCUT2D eigenvalue weighted by molar-refractivity contribution is 6.02. The molecular weight excluding hydrogens is 791 g/mol. The van der Waals surface area contributed by atoms with Gasteiger partial charge in [0.1, 0.15) is 24.8 Å². The number of nitrogens with one attached hydrogen (secondary N) is 2. The monoisotopic (exact) mass is 836 g/mol. The third-order valence-corrected chi connectivity index (χ3v) is 12.4. The number of hydrogen-bond donors (Lipinski definition) is 3. The predicted octanol–water partition coefficient (Wildman–Crippen LogP) is 6.24. The van der Waals surface area contributed by atoms with E-state index in [0.717, 1.165) is 5.56 Å². The number of esters is 4. The van der Waals surface area contributed by atoms with Gasteiger partial charge in [0, 0.05) is 11.4 Å². The minimum atomic E-state index is -0.771. The Bertz CT molecular complexity index is 2430. The summed E-state index contributed by atoms with van der Waals surface area (Å²) in [7, 11) is 2.56. The van der Waals surface area contributed by atoms with Gasteiger partial charge in [-0.05, 0) is 91.3 Å². The van der Waals surface area contributed by atoms with E-state index in [1.165, 1.54) is 26.4 Å². The molecule has 0 saturated heterocycles. The number of dihydropyridines is 2. The molecule has 0 aromatic heterocycles. The fourth-order valence-electron chi connectivity index (χ4n) is 9.34. The summed E-state index contributed by atoms with van der Waals surface area (Å²) in [5.41, 5.74) is 6.71. The van der Waals surface area contributed by atoms with Crippen LogP contribution in [0.2, 0.25) is 0 Å². The van der Waals surface area contributed by atoms with E-state index < -0.39 is 47.6 Å². The van der Waals surface area contributed by atoms with E-state index in [2.05, 4.69) is 10.6 Å². The highest BCUT2D eigenvalue weighted by Gasteiger charge is 2.46. The predicted molar refractivity (Wildman–Crippen MR) is 215 cm³/mol. The fourth-order valence-corrected chi connectivity index (χ4v) is 9.34. The summed E-state index contributed by atoms with van der Waals surface area (Å²) in [4.78, 5) is 50.4. The average molecular weight is 837 g/mol. The Hall–Kier alpha value is -6.12. The average Bonchev–Trinajstić information content (AvgIpc) is 3.78. The number of rotatable bonds is 9. The van der Waals surface area contributed by atoms with Crippen LogP contribution in [0.15, 0.2) is 112 Å². The van der Waals surface area contributed by atoms with Crippen molar-refractivity contribution >= 4 is 23.9 Å². The Morgan fingerprint density at radius 2 is 1.15 bits per heavy atom. The van der Waals surface area contributed by atoms with Crippen LogP contribution in [0.25, 0.3) is 0 Å². The number of allylic oxidation sites excluding steroid dienone is 2. The van der Waals surface area contributed by atoms with Crippen LogP contribution in [0.4, 0.5) is 8.78 Å². The van der Waals surface area contributed by atoms with Crippen LogP contribution < -0.4 is 10.6 Å². The number of aliphatic hydroxyl groups excluding tert-OH is 1. The Balaban J connectivity index is 0.000000173. The number of ether oxygens (including phenoxy) is 5. The normalized spacial score (nSPS) is 25.2. The molecule has 9 rings (SSSR count). The second kappa shape index (κ2) is 17.1. The van der Waals surface area contributed by atoms with Crippen LogP contribution in [-0.4, -0.2) is 68.6 Å². The Morgan fingerprint density at radius 3 is 1.59 bits per heavy atom. The summed E-state index contributed by atoms with van der Waals surface area (Å²) in [5.74, 6) is -4.69. The van der Waals surface area contributed by atoms with Crippen molar-refractivity contribution in [2.75, 3.05) is 27.4 Å². The Labute approximate surface area is 351 Å². The molecule has 61 heavy (non-hydrogen) atoms. The lowest BCUT2D eigenvalue weighted by Gasteiger charge is -2.38. The molecule has 3 aromatic rings. The molecule has 12 nitrogen and oxygen atoms in total. The van der Waals surface area contributed by atoms with Crippen molar-refractivity contribution in [3.05, 3.63) is 151 Å². The molecule has 3 N–H and O–H groups in total. The van der Waals surface area contributed by atoms with Gasteiger partial charge in [-0.3, -0.25) is 0 Å². The SMILES string of the molecule is COC(=O)C1=C(C)NC2=C(C(=O)OC2)C1c1cccc(F)c1C1CC(O)C1.COC(=O)C1=C(C)NC2=C(C(=O)OC2)C1c1cccc(F)c1C1CC(OCc2ccccc2)C1. The lowest BCUT2D eigenvalue weighted by molar-refractivity contribution is -0.138. The number of benzene rings is 3. The molecule has 0 spiro atoms. The van der Waals surface area contributed by atoms with Crippen LogP contribution >= 0.6 is 0 Å². The van der Waals surface area contributed by atoms with Gasteiger partial charge < -0.3 is 39.4 Å². The van der Waals surface area contributed by atoms with Gasteiger partial charge in [0.25, 0.3) is 0 Å². The summed E-state index contributed by atoms with van der Waals surface area (Å²) in [5, 5.41) is 15.8. The number of cyclic esters (lactones) is 2. The maximum Gasteiger partial charge on any atom is 0.337 e. The highest BCUT2D eigenvalue weighted by atomic mass is 19.1. The number of hydrogen-bond acceptors (Lipinski definition) is 12. The Kier molecular flexibility index (Phi) is 11.7. The van der Waals surface area contributed by atoms with E-state index in [1.807, 2.05) is 30.3 Å². The summed E-state index contributed by atoms with van der Waals surface area (Å²) in [6.07, 6.45) is 1.79. The van der Waals surface area contributed by atoms with Gasteiger partial charge in [0.05, 0.1) is 78.6 Å². The van der Waals surface area contributed by atoms with E-state index in [0.29, 0.717) is 94.1 Å². The molecule has 2 saturated carbocycles. The molecule has 2 atom stereocenters. The van der Waals surface area contributed by atoms with Gasteiger partial charge in [-0.15, -0.1) is 0 Å². The van der Waals surface area contributed by atoms with Crippen molar-refractivity contribution < 1.29 is 56.7 Å². The Morgan fingerprint density at radius 1 is 0.689 bits per heavy atom. The highest BCUT2D eigenvalue weighted by Crippen LogP contribution is 2.50. The first-order chi connectivity index (χ1) is 29.4. The molecule has 2 unspecified atom stereocenters. The van der Waals surface area contributed by atoms with Crippen molar-refractivity contribution in [3.8, 4) is 0 Å². The number of methoxy groups -OCH3 is 2. The molecule has 6 aliphatic rings. The van der Waals surface area contributed by atoms with E-state index >= 15 is 4.39 Å². The molecule has 0 bridgehead atoms. The molecule has 14 heteroatoms. The van der Waals surface area contributed by atoms with Crippen LogP contribution in [0.3, 0.4) is 0 Å². The van der Waals surface area contributed by atoms with E-state index in [1.54, 1.807) is 38.1 Å². The second-order valence-corrected chi connectivity index (χ2v) is 16.0. The van der Waals surface area contributed by atoms with Crippen LogP contribution in [0.5, 0.6) is 0 Å². The fraction of sp³-hybridized carbons (Fsp3) is 0.362.